The second-order valence-electron chi connectivity index (χ2n) is 2.18. The molecule has 0 saturated carbocycles. The molecule has 0 aliphatic rings. The van der Waals surface area contributed by atoms with Crippen LogP contribution in [0.25, 0.3) is 0 Å². The Morgan fingerprint density at radius 1 is 0.615 bits per heavy atom. The summed E-state index contributed by atoms with van der Waals surface area (Å²) in [5, 5.41) is 1.33. The second-order valence-corrected chi connectivity index (χ2v) is 10.2. The summed E-state index contributed by atoms with van der Waals surface area (Å²) in [6.45, 7) is 0. The van der Waals surface area contributed by atoms with E-state index in [4.69, 9.17) is 66.3 Å². The zero-order valence-electron chi connectivity index (χ0n) is 5.97. The molecule has 0 spiro atoms. The van der Waals surface area contributed by atoms with Crippen molar-refractivity contribution >= 4 is 69.3 Å². The van der Waals surface area contributed by atoms with E-state index in [-0.39, 0.29) is 15.1 Å². The first-order valence-electron chi connectivity index (χ1n) is 3.07. The van der Waals surface area contributed by atoms with Gasteiger partial charge in [0, 0.05) is 0 Å². The van der Waals surface area contributed by atoms with Crippen molar-refractivity contribution in [2.24, 2.45) is 0 Å². The van der Waals surface area contributed by atoms with E-state index in [1.165, 1.54) is 0 Å². The first-order valence-corrected chi connectivity index (χ1v) is 14.5. The van der Waals surface area contributed by atoms with Crippen LogP contribution in [0.4, 0.5) is 0 Å². The molecular formula is C6Cl6Hg. The summed E-state index contributed by atoms with van der Waals surface area (Å²) in [6, 6.07) is 0. The van der Waals surface area contributed by atoms with Crippen LogP contribution in [0.15, 0.2) is 0 Å². The molecule has 0 radical (unpaired) electrons. The molecule has 0 heterocycles. The van der Waals surface area contributed by atoms with Crippen LogP contribution in [0.5, 0.6) is 0 Å². The molecule has 0 aromatic heterocycles. The average Bonchev–Trinajstić information content (AvgIpc) is 2.13. The molecule has 0 fully saturated rings. The molecule has 0 bridgehead atoms. The minimum absolute atomic E-state index is 0.181. The van der Waals surface area contributed by atoms with Gasteiger partial charge in [0.2, 0.25) is 0 Å². The first kappa shape index (κ1) is 13.0. The van der Waals surface area contributed by atoms with Gasteiger partial charge < -0.3 is 0 Å². The van der Waals surface area contributed by atoms with Crippen LogP contribution >= 0.6 is 66.3 Å². The predicted molar refractivity (Wildman–Crippen MR) is 57.0 cm³/mol. The van der Waals surface area contributed by atoms with Crippen molar-refractivity contribution in [3.8, 4) is 0 Å². The maximum atomic E-state index is 5.89. The van der Waals surface area contributed by atoms with Gasteiger partial charge in [-0.1, -0.05) is 0 Å². The molecule has 0 aliphatic heterocycles. The van der Waals surface area contributed by atoms with E-state index in [0.29, 0.717) is 13.1 Å². The van der Waals surface area contributed by atoms with Crippen molar-refractivity contribution in [2.45, 2.75) is 0 Å². The third kappa shape index (κ3) is 2.53. The van der Waals surface area contributed by atoms with Crippen LogP contribution in [0, 0.1) is 0 Å². The Hall–Kier alpha value is 1.90. The molecule has 0 atom stereocenters. The Morgan fingerprint density at radius 2 is 0.923 bits per heavy atom. The van der Waals surface area contributed by atoms with E-state index < -0.39 is 23.3 Å². The molecular weight excluding hydrogens is 485 g/mol. The predicted octanol–water partition coefficient (Wildman–Crippen LogP) is 4.82. The summed E-state index contributed by atoms with van der Waals surface area (Å²) in [4.78, 5) is 0. The molecule has 68 valence electrons. The molecule has 13 heavy (non-hydrogen) atoms. The molecule has 0 aliphatic carbocycles. The average molecular weight is 485 g/mol. The zero-order valence-corrected chi connectivity index (χ0v) is 16.0. The van der Waals surface area contributed by atoms with Crippen LogP contribution in [0.1, 0.15) is 0 Å². The Balaban J connectivity index is 3.56. The Kier molecular flexibility index (Phi) is 5.28. The number of benzene rings is 1. The monoisotopic (exact) mass is 484 g/mol. The van der Waals surface area contributed by atoms with E-state index in [0.717, 1.165) is 0 Å². The Labute approximate surface area is 116 Å². The molecule has 1 aromatic carbocycles. The molecule has 0 N–H and O–H groups in total. The van der Waals surface area contributed by atoms with Crippen molar-refractivity contribution in [1.82, 2.24) is 0 Å². The SMILES string of the molecule is [Cl][Hg][c]1c(Cl)c(Cl)c(Cl)c(Cl)c1Cl. The molecule has 0 nitrogen and oxygen atoms in total. The molecule has 0 unspecified atom stereocenters. The van der Waals surface area contributed by atoms with Gasteiger partial charge in [-0.15, -0.1) is 0 Å². The van der Waals surface area contributed by atoms with E-state index in [9.17, 15) is 0 Å². The molecule has 0 amide bonds. The maximum absolute atomic E-state index is 5.89. The Bertz CT molecular complexity index is 320. The van der Waals surface area contributed by atoms with Gasteiger partial charge >= 0.3 is 118 Å². The standard InChI is InChI=1S/C6Cl5.ClH.Hg/c7-2-1-3(8)5(10)6(11)4(2)9;;/h;1H;/q;;+1/p-1. The van der Waals surface area contributed by atoms with Crippen LogP contribution in [0.2, 0.25) is 25.1 Å². The second kappa shape index (κ2) is 5.29. The number of hydrogen-bond donors (Lipinski definition) is 0. The third-order valence-corrected chi connectivity index (χ3v) is 11.7. The van der Waals surface area contributed by atoms with Crippen LogP contribution in [-0.4, -0.2) is 0 Å². The number of halogens is 6. The molecule has 1 aromatic rings. The van der Waals surface area contributed by atoms with Gasteiger partial charge in [-0.3, -0.25) is 0 Å². The molecule has 0 saturated heterocycles. The van der Waals surface area contributed by atoms with E-state index in [1.54, 1.807) is 0 Å². The van der Waals surface area contributed by atoms with Crippen molar-refractivity contribution in [3.05, 3.63) is 25.1 Å². The summed E-state index contributed by atoms with van der Waals surface area (Å²) >= 11 is 27.4. The first-order chi connectivity index (χ1) is 6.00. The van der Waals surface area contributed by atoms with Gasteiger partial charge in [0.05, 0.1) is 0 Å². The van der Waals surface area contributed by atoms with Crippen molar-refractivity contribution in [3.63, 3.8) is 0 Å². The van der Waals surface area contributed by atoms with Gasteiger partial charge in [-0.2, -0.15) is 0 Å². The fourth-order valence-electron chi connectivity index (χ4n) is 0.768. The van der Waals surface area contributed by atoms with Gasteiger partial charge in [-0.25, -0.2) is 0 Å². The quantitative estimate of drug-likeness (QED) is 0.304. The fourth-order valence-corrected chi connectivity index (χ4v) is 9.82. The normalized spacial score (nSPS) is 10.0. The number of hydrogen-bond acceptors (Lipinski definition) is 0. The fraction of sp³-hybridized carbons (Fsp3) is 0. The molecule has 1 rings (SSSR count). The van der Waals surface area contributed by atoms with E-state index in [1.807, 2.05) is 0 Å². The summed E-state index contributed by atoms with van der Waals surface area (Å²) in [6.07, 6.45) is 0. The van der Waals surface area contributed by atoms with Gasteiger partial charge in [0.25, 0.3) is 0 Å². The Morgan fingerprint density at radius 3 is 1.23 bits per heavy atom. The van der Waals surface area contributed by atoms with Crippen LogP contribution in [-0.2, 0) is 23.3 Å². The zero-order chi connectivity index (χ0) is 10.2. The van der Waals surface area contributed by atoms with Crippen molar-refractivity contribution in [2.75, 3.05) is 0 Å². The summed E-state index contributed by atoms with van der Waals surface area (Å²) in [5.41, 5.74) is 0. The summed E-state index contributed by atoms with van der Waals surface area (Å²) in [5.74, 6) is 0. The van der Waals surface area contributed by atoms with Crippen molar-refractivity contribution < 1.29 is 23.3 Å². The van der Waals surface area contributed by atoms with Crippen LogP contribution < -0.4 is 3.07 Å². The molecule has 7 heteroatoms. The third-order valence-electron chi connectivity index (χ3n) is 1.43. The van der Waals surface area contributed by atoms with E-state index >= 15 is 0 Å². The number of rotatable bonds is 1. The van der Waals surface area contributed by atoms with Gasteiger partial charge in [-0.05, 0) is 0 Å². The van der Waals surface area contributed by atoms with Crippen LogP contribution in [0.3, 0.4) is 0 Å². The topological polar surface area (TPSA) is 0 Å². The van der Waals surface area contributed by atoms with Gasteiger partial charge in [0.1, 0.15) is 0 Å². The summed E-state index contributed by atoms with van der Waals surface area (Å²) in [7, 11) is 5.83. The van der Waals surface area contributed by atoms with Crippen molar-refractivity contribution in [1.29, 1.82) is 0 Å². The minimum atomic E-state index is -1.75. The summed E-state index contributed by atoms with van der Waals surface area (Å²) < 4.78 is 0.712. The van der Waals surface area contributed by atoms with E-state index in [2.05, 4.69) is 0 Å². The van der Waals surface area contributed by atoms with Gasteiger partial charge in [0.15, 0.2) is 0 Å².